The normalized spacial score (nSPS) is 16.5. The van der Waals surface area contributed by atoms with E-state index in [0.29, 0.717) is 25.3 Å². The lowest BCUT2D eigenvalue weighted by Gasteiger charge is -2.26. The van der Waals surface area contributed by atoms with Gasteiger partial charge in [0.15, 0.2) is 31.1 Å². The first kappa shape index (κ1) is 23.7. The van der Waals surface area contributed by atoms with E-state index in [1.54, 1.807) is 28.8 Å². The SMILES string of the molecule is CS(=O)(=O)c1ccc(-c2cccc3nc(Cc4ccc(CN5CCS(=O)(=O)CC5)cc4)nn23)cc1. The Morgan fingerprint density at radius 1 is 0.886 bits per heavy atom. The van der Waals surface area contributed by atoms with Gasteiger partial charge in [-0.15, -0.1) is 0 Å². The number of rotatable bonds is 6. The number of benzene rings is 2. The van der Waals surface area contributed by atoms with Crippen LogP contribution in [0.25, 0.3) is 16.9 Å². The fourth-order valence-electron chi connectivity index (χ4n) is 4.23. The molecule has 8 nitrogen and oxygen atoms in total. The lowest BCUT2D eigenvalue weighted by Crippen LogP contribution is -2.39. The molecule has 0 spiro atoms. The minimum atomic E-state index is -3.25. The highest BCUT2D eigenvalue weighted by Crippen LogP contribution is 2.23. The average molecular weight is 511 g/mol. The molecule has 0 aliphatic carbocycles. The maximum Gasteiger partial charge on any atom is 0.175 e. The second kappa shape index (κ2) is 9.18. The molecule has 35 heavy (non-hydrogen) atoms. The molecule has 1 aliphatic rings. The van der Waals surface area contributed by atoms with E-state index in [9.17, 15) is 16.8 Å². The highest BCUT2D eigenvalue weighted by Gasteiger charge is 2.21. The van der Waals surface area contributed by atoms with Gasteiger partial charge in [-0.1, -0.05) is 42.5 Å². The van der Waals surface area contributed by atoms with E-state index in [1.807, 2.05) is 18.2 Å². The Bertz CT molecular complexity index is 1560. The molecule has 4 aromatic rings. The lowest BCUT2D eigenvalue weighted by molar-refractivity contribution is 0.287. The molecule has 0 radical (unpaired) electrons. The van der Waals surface area contributed by atoms with Crippen LogP contribution in [0.2, 0.25) is 0 Å². The minimum Gasteiger partial charge on any atom is -0.297 e. The van der Waals surface area contributed by atoms with Crippen molar-refractivity contribution in [2.75, 3.05) is 30.9 Å². The largest absolute Gasteiger partial charge is 0.297 e. The number of nitrogens with zero attached hydrogens (tertiary/aromatic N) is 4. The molecule has 0 saturated carbocycles. The second-order valence-electron chi connectivity index (χ2n) is 8.93. The van der Waals surface area contributed by atoms with Gasteiger partial charge in [-0.05, 0) is 35.4 Å². The van der Waals surface area contributed by atoms with Crippen LogP contribution in [0.5, 0.6) is 0 Å². The van der Waals surface area contributed by atoms with Gasteiger partial charge in [0.25, 0.3) is 0 Å². The third kappa shape index (κ3) is 5.44. The molecule has 2 aromatic carbocycles. The molecule has 0 unspecified atom stereocenters. The Balaban J connectivity index is 1.31. The molecule has 3 heterocycles. The first-order valence-electron chi connectivity index (χ1n) is 11.3. The van der Waals surface area contributed by atoms with E-state index in [2.05, 4.69) is 34.1 Å². The van der Waals surface area contributed by atoms with Crippen molar-refractivity contribution in [3.05, 3.63) is 83.7 Å². The van der Waals surface area contributed by atoms with Crippen molar-refractivity contribution in [3.63, 3.8) is 0 Å². The fraction of sp³-hybridized carbons (Fsp3) is 0.280. The van der Waals surface area contributed by atoms with Gasteiger partial charge in [-0.2, -0.15) is 5.10 Å². The number of aromatic nitrogens is 3. The molecule has 1 aliphatic heterocycles. The average Bonchev–Trinajstić information content (AvgIpc) is 3.24. The molecule has 10 heteroatoms. The summed E-state index contributed by atoms with van der Waals surface area (Å²) in [6.45, 7) is 1.90. The van der Waals surface area contributed by atoms with Crippen LogP contribution in [0.3, 0.4) is 0 Å². The van der Waals surface area contributed by atoms with Gasteiger partial charge in [0.05, 0.1) is 22.1 Å². The van der Waals surface area contributed by atoms with Gasteiger partial charge < -0.3 is 0 Å². The summed E-state index contributed by atoms with van der Waals surface area (Å²) in [4.78, 5) is 7.12. The molecule has 0 bridgehead atoms. The lowest BCUT2D eigenvalue weighted by atomic mass is 10.1. The number of fused-ring (bicyclic) bond motifs is 1. The van der Waals surface area contributed by atoms with Gasteiger partial charge in [0.2, 0.25) is 0 Å². The predicted octanol–water partition coefficient (Wildman–Crippen LogP) is 2.62. The molecule has 0 atom stereocenters. The second-order valence-corrected chi connectivity index (χ2v) is 13.2. The van der Waals surface area contributed by atoms with Crippen molar-refractivity contribution in [3.8, 4) is 11.3 Å². The van der Waals surface area contributed by atoms with Crippen molar-refractivity contribution >= 4 is 25.3 Å². The van der Waals surface area contributed by atoms with Crippen LogP contribution in [-0.4, -0.2) is 67.2 Å². The van der Waals surface area contributed by atoms with Crippen LogP contribution in [0.4, 0.5) is 0 Å². The number of sulfone groups is 2. The Labute approximate surface area is 205 Å². The Hall–Kier alpha value is -3.08. The molecule has 182 valence electrons. The first-order valence-corrected chi connectivity index (χ1v) is 15.0. The highest BCUT2D eigenvalue weighted by atomic mass is 32.2. The van der Waals surface area contributed by atoms with Crippen molar-refractivity contribution in [2.24, 2.45) is 0 Å². The molecule has 1 saturated heterocycles. The molecule has 1 fully saturated rings. The van der Waals surface area contributed by atoms with E-state index < -0.39 is 19.7 Å². The Kier molecular flexibility index (Phi) is 6.20. The van der Waals surface area contributed by atoms with Crippen molar-refractivity contribution in [2.45, 2.75) is 17.9 Å². The summed E-state index contributed by atoms with van der Waals surface area (Å²) in [5.41, 5.74) is 4.65. The van der Waals surface area contributed by atoms with Gasteiger partial charge in [0.1, 0.15) is 0 Å². The topological polar surface area (TPSA) is 102 Å². The standard InChI is InChI=1S/C25H26N4O4S2/c1-34(30,31)22-11-9-21(10-12-22)23-3-2-4-25-26-24(27-29(23)25)17-19-5-7-20(8-6-19)18-28-13-15-35(32,33)16-14-28/h2-12H,13-18H2,1H3. The van der Waals surface area contributed by atoms with E-state index in [1.165, 1.54) is 6.26 Å². The van der Waals surface area contributed by atoms with Gasteiger partial charge in [0, 0.05) is 37.9 Å². The molecule has 5 rings (SSSR count). The molecule has 0 N–H and O–H groups in total. The zero-order chi connectivity index (χ0) is 24.6. The Morgan fingerprint density at radius 2 is 1.54 bits per heavy atom. The van der Waals surface area contributed by atoms with Crippen LogP contribution >= 0.6 is 0 Å². The van der Waals surface area contributed by atoms with E-state index >= 15 is 0 Å². The summed E-state index contributed by atoms with van der Waals surface area (Å²) in [5.74, 6) is 1.15. The van der Waals surface area contributed by atoms with Crippen molar-refractivity contribution < 1.29 is 16.8 Å². The van der Waals surface area contributed by atoms with Crippen LogP contribution < -0.4 is 0 Å². The minimum absolute atomic E-state index is 0.231. The summed E-state index contributed by atoms with van der Waals surface area (Å²) in [5, 5.41) is 4.71. The van der Waals surface area contributed by atoms with Crippen LogP contribution in [0.1, 0.15) is 17.0 Å². The Morgan fingerprint density at radius 3 is 2.20 bits per heavy atom. The monoisotopic (exact) mass is 510 g/mol. The third-order valence-corrected chi connectivity index (χ3v) is 8.95. The fourth-order valence-corrected chi connectivity index (χ4v) is 6.13. The van der Waals surface area contributed by atoms with E-state index in [-0.39, 0.29) is 16.4 Å². The third-order valence-electron chi connectivity index (χ3n) is 6.21. The van der Waals surface area contributed by atoms with Crippen molar-refractivity contribution in [1.82, 2.24) is 19.5 Å². The van der Waals surface area contributed by atoms with Gasteiger partial charge in [-0.3, -0.25) is 4.90 Å². The molecular weight excluding hydrogens is 484 g/mol. The number of pyridine rings is 1. The highest BCUT2D eigenvalue weighted by molar-refractivity contribution is 7.91. The number of hydrogen-bond donors (Lipinski definition) is 0. The summed E-state index contributed by atoms with van der Waals surface area (Å²) in [7, 11) is -6.12. The van der Waals surface area contributed by atoms with E-state index in [4.69, 9.17) is 5.10 Å². The molecule has 0 amide bonds. The maximum atomic E-state index is 11.8. The summed E-state index contributed by atoms with van der Waals surface area (Å²) in [6, 6.07) is 20.8. The van der Waals surface area contributed by atoms with Gasteiger partial charge >= 0.3 is 0 Å². The predicted molar refractivity (Wildman–Crippen MR) is 135 cm³/mol. The summed E-state index contributed by atoms with van der Waals surface area (Å²) < 4.78 is 48.5. The van der Waals surface area contributed by atoms with Crippen molar-refractivity contribution in [1.29, 1.82) is 0 Å². The smallest absolute Gasteiger partial charge is 0.175 e. The zero-order valence-electron chi connectivity index (χ0n) is 19.3. The zero-order valence-corrected chi connectivity index (χ0v) is 21.0. The van der Waals surface area contributed by atoms with Crippen LogP contribution in [0, 0.1) is 0 Å². The molecular formula is C25H26N4O4S2. The van der Waals surface area contributed by atoms with E-state index in [0.717, 1.165) is 34.6 Å². The maximum absolute atomic E-state index is 11.8. The first-order chi connectivity index (χ1) is 16.7. The van der Waals surface area contributed by atoms with Gasteiger partial charge in [-0.25, -0.2) is 26.3 Å². The quantitative estimate of drug-likeness (QED) is 0.393. The molecule has 2 aromatic heterocycles. The number of hydrogen-bond acceptors (Lipinski definition) is 7. The summed E-state index contributed by atoms with van der Waals surface area (Å²) >= 11 is 0. The van der Waals surface area contributed by atoms with Crippen LogP contribution in [-0.2, 0) is 32.6 Å². The summed E-state index contributed by atoms with van der Waals surface area (Å²) in [6.07, 6.45) is 1.77. The van der Waals surface area contributed by atoms with Crippen LogP contribution in [0.15, 0.2) is 71.6 Å².